The van der Waals surface area contributed by atoms with Crippen LogP contribution in [-0.2, 0) is 4.74 Å². The maximum atomic E-state index is 12.8. The molecule has 9 heteroatoms. The largest absolute Gasteiger partial charge is 0.449 e. The molecule has 0 saturated heterocycles. The van der Waals surface area contributed by atoms with Gasteiger partial charge in [0.1, 0.15) is 0 Å². The predicted octanol–water partition coefficient (Wildman–Crippen LogP) is 3.73. The molecule has 3 N–H and O–H groups in total. The highest BCUT2D eigenvalue weighted by atomic mass is 16.5. The number of hydrogen-bond donors (Lipinski definition) is 3. The van der Waals surface area contributed by atoms with Gasteiger partial charge in [0.05, 0.1) is 35.3 Å². The van der Waals surface area contributed by atoms with Crippen LogP contribution in [-0.4, -0.2) is 39.3 Å². The van der Waals surface area contributed by atoms with E-state index in [0.29, 0.717) is 11.3 Å². The van der Waals surface area contributed by atoms with Gasteiger partial charge in [0.15, 0.2) is 0 Å². The Morgan fingerprint density at radius 3 is 2.77 bits per heavy atom. The van der Waals surface area contributed by atoms with Gasteiger partial charge < -0.3 is 4.74 Å². The number of carbonyl (C=O) groups excluding carboxylic acids is 2. The quantitative estimate of drug-likeness (QED) is 0.317. The normalized spacial score (nSPS) is 10.8. The number of pyridine rings is 1. The summed E-state index contributed by atoms with van der Waals surface area (Å²) in [6.45, 7) is 6.16. The topological polar surface area (TPSA) is 122 Å². The third-order valence-corrected chi connectivity index (χ3v) is 4.63. The van der Waals surface area contributed by atoms with Crippen molar-refractivity contribution in [1.82, 2.24) is 25.4 Å². The Morgan fingerprint density at radius 2 is 2.03 bits per heavy atom. The Balaban J connectivity index is 1.78. The van der Waals surface area contributed by atoms with E-state index in [-0.39, 0.29) is 12.5 Å². The van der Waals surface area contributed by atoms with E-state index in [9.17, 15) is 9.59 Å². The molecule has 2 amide bonds. The molecule has 0 saturated carbocycles. The number of hydrogen-bond acceptors (Lipinski definition) is 6. The first-order chi connectivity index (χ1) is 14.9. The van der Waals surface area contributed by atoms with E-state index >= 15 is 0 Å². The predicted molar refractivity (Wildman–Crippen MR) is 118 cm³/mol. The summed E-state index contributed by atoms with van der Waals surface area (Å²) in [7, 11) is 0. The van der Waals surface area contributed by atoms with Crippen LogP contribution in [0.5, 0.6) is 0 Å². The van der Waals surface area contributed by atoms with Gasteiger partial charge in [-0.25, -0.2) is 9.48 Å². The number of carbonyl (C=O) groups is 2. The average Bonchev–Trinajstić information content (AvgIpc) is 3.19. The summed E-state index contributed by atoms with van der Waals surface area (Å²) >= 11 is 0. The van der Waals surface area contributed by atoms with Crippen molar-refractivity contribution in [2.45, 2.75) is 39.5 Å². The van der Waals surface area contributed by atoms with Gasteiger partial charge in [-0.2, -0.15) is 5.10 Å². The lowest BCUT2D eigenvalue weighted by Gasteiger charge is -2.14. The second-order valence-corrected chi connectivity index (χ2v) is 7.33. The smallest absolute Gasteiger partial charge is 0.413 e. The van der Waals surface area contributed by atoms with E-state index in [1.54, 1.807) is 10.9 Å². The van der Waals surface area contributed by atoms with E-state index in [4.69, 9.17) is 10.1 Å². The number of nitrogens with zero attached hydrogens (tertiary/aromatic N) is 3. The summed E-state index contributed by atoms with van der Waals surface area (Å²) in [4.78, 5) is 28.8. The second-order valence-electron chi connectivity index (χ2n) is 7.33. The number of amides is 2. The Hall–Kier alpha value is -3.75. The van der Waals surface area contributed by atoms with Crippen LogP contribution in [0.2, 0.25) is 0 Å². The molecule has 3 aromatic rings. The van der Waals surface area contributed by atoms with Gasteiger partial charge in [-0.3, -0.25) is 25.8 Å². The minimum Gasteiger partial charge on any atom is -0.449 e. The molecular formula is C22H26N6O3. The molecule has 0 spiro atoms. The molecule has 31 heavy (non-hydrogen) atoms. The number of rotatable bonds is 6. The van der Waals surface area contributed by atoms with Crippen molar-refractivity contribution >= 4 is 28.9 Å². The molecule has 0 bridgehead atoms. The standard InChI is InChI=1S/C22H26N6O3/c1-4-5-11-31-22(30)27-21(23)26-20(29)17-13-25-28(19(17)14(2)3)16-8-9-18-15(12-16)7-6-10-24-18/h6-10,12-14H,4-5,11H2,1-3H3,(H3,23,26,27,29,30). The molecule has 9 nitrogen and oxygen atoms in total. The van der Waals surface area contributed by atoms with Crippen molar-refractivity contribution in [2.75, 3.05) is 6.61 Å². The van der Waals surface area contributed by atoms with Gasteiger partial charge in [0, 0.05) is 11.6 Å². The van der Waals surface area contributed by atoms with Crippen LogP contribution in [0.3, 0.4) is 0 Å². The lowest BCUT2D eigenvalue weighted by molar-refractivity contribution is 0.0974. The van der Waals surface area contributed by atoms with Gasteiger partial charge in [-0.1, -0.05) is 33.3 Å². The zero-order valence-electron chi connectivity index (χ0n) is 17.8. The summed E-state index contributed by atoms with van der Waals surface area (Å²) in [5.41, 5.74) is 2.69. The third-order valence-electron chi connectivity index (χ3n) is 4.63. The molecular weight excluding hydrogens is 396 g/mol. The van der Waals surface area contributed by atoms with Crippen LogP contribution < -0.4 is 10.6 Å². The zero-order chi connectivity index (χ0) is 22.4. The minimum atomic E-state index is -0.775. The van der Waals surface area contributed by atoms with Crippen molar-refractivity contribution in [3.8, 4) is 5.69 Å². The molecule has 0 aliphatic heterocycles. The SMILES string of the molecule is CCCCOC(=O)NC(=N)NC(=O)c1cnn(-c2ccc3ncccc3c2)c1C(C)C. The maximum Gasteiger partial charge on any atom is 0.413 e. The fourth-order valence-electron chi connectivity index (χ4n) is 3.15. The van der Waals surface area contributed by atoms with E-state index in [0.717, 1.165) is 29.4 Å². The minimum absolute atomic E-state index is 0.0194. The van der Waals surface area contributed by atoms with Gasteiger partial charge >= 0.3 is 6.09 Å². The van der Waals surface area contributed by atoms with Crippen LogP contribution in [0.1, 0.15) is 55.6 Å². The second kappa shape index (κ2) is 9.84. The van der Waals surface area contributed by atoms with Gasteiger partial charge in [-0.05, 0) is 36.6 Å². The van der Waals surface area contributed by atoms with Crippen LogP contribution in [0.25, 0.3) is 16.6 Å². The molecule has 3 rings (SSSR count). The summed E-state index contributed by atoms with van der Waals surface area (Å²) in [6.07, 6.45) is 4.04. The highest BCUT2D eigenvalue weighted by Crippen LogP contribution is 2.25. The summed E-state index contributed by atoms with van der Waals surface area (Å²) in [6, 6.07) is 9.58. The van der Waals surface area contributed by atoms with E-state index in [1.165, 1.54) is 6.20 Å². The Bertz CT molecular complexity index is 1110. The van der Waals surface area contributed by atoms with Crippen LogP contribution >= 0.6 is 0 Å². The number of unbranched alkanes of at least 4 members (excludes halogenated alkanes) is 1. The molecule has 0 aliphatic rings. The van der Waals surface area contributed by atoms with Crippen molar-refractivity contribution < 1.29 is 14.3 Å². The molecule has 162 valence electrons. The molecule has 0 radical (unpaired) electrons. The van der Waals surface area contributed by atoms with Crippen molar-refractivity contribution in [1.29, 1.82) is 5.41 Å². The third kappa shape index (κ3) is 5.25. The lowest BCUT2D eigenvalue weighted by atomic mass is 10.0. The zero-order valence-corrected chi connectivity index (χ0v) is 17.8. The highest BCUT2D eigenvalue weighted by Gasteiger charge is 2.22. The highest BCUT2D eigenvalue weighted by molar-refractivity contribution is 6.08. The molecule has 0 atom stereocenters. The van der Waals surface area contributed by atoms with Crippen molar-refractivity contribution in [3.05, 3.63) is 54.0 Å². The van der Waals surface area contributed by atoms with Gasteiger partial charge in [0.2, 0.25) is 5.96 Å². The average molecular weight is 422 g/mol. The summed E-state index contributed by atoms with van der Waals surface area (Å²) < 4.78 is 6.65. The van der Waals surface area contributed by atoms with Crippen molar-refractivity contribution in [2.24, 2.45) is 0 Å². The summed E-state index contributed by atoms with van der Waals surface area (Å²) in [5, 5.41) is 17.8. The molecule has 1 aromatic carbocycles. The molecule has 2 aromatic heterocycles. The summed E-state index contributed by atoms with van der Waals surface area (Å²) in [5.74, 6) is -1.00. The first-order valence-corrected chi connectivity index (χ1v) is 10.2. The number of ether oxygens (including phenoxy) is 1. The van der Waals surface area contributed by atoms with Gasteiger partial charge in [0.25, 0.3) is 5.91 Å². The number of nitrogens with one attached hydrogen (secondary N) is 3. The van der Waals surface area contributed by atoms with Crippen LogP contribution in [0.4, 0.5) is 4.79 Å². The molecule has 0 unspecified atom stereocenters. The number of benzene rings is 1. The number of guanidine groups is 1. The van der Waals surface area contributed by atoms with Crippen molar-refractivity contribution in [3.63, 3.8) is 0 Å². The Kier molecular flexibility index (Phi) is 6.96. The van der Waals surface area contributed by atoms with E-state index in [2.05, 4.69) is 20.7 Å². The van der Waals surface area contributed by atoms with Gasteiger partial charge in [-0.15, -0.1) is 0 Å². The molecule has 0 aliphatic carbocycles. The van der Waals surface area contributed by atoms with E-state index < -0.39 is 18.0 Å². The van der Waals surface area contributed by atoms with Crippen LogP contribution in [0.15, 0.2) is 42.7 Å². The fraction of sp³-hybridized carbons (Fsp3) is 0.318. The number of alkyl carbamates (subject to hydrolysis) is 1. The monoisotopic (exact) mass is 422 g/mol. The first-order valence-electron chi connectivity index (χ1n) is 10.2. The molecule has 2 heterocycles. The molecule has 0 fully saturated rings. The Labute approximate surface area is 180 Å². The lowest BCUT2D eigenvalue weighted by Crippen LogP contribution is -2.43. The maximum absolute atomic E-state index is 12.8. The van der Waals surface area contributed by atoms with Crippen LogP contribution in [0, 0.1) is 5.41 Å². The fourth-order valence-corrected chi connectivity index (χ4v) is 3.15. The Morgan fingerprint density at radius 1 is 1.23 bits per heavy atom. The number of fused-ring (bicyclic) bond motifs is 1. The van der Waals surface area contributed by atoms with E-state index in [1.807, 2.05) is 51.1 Å². The first kappa shape index (κ1) is 21.9. The number of aromatic nitrogens is 3.